The summed E-state index contributed by atoms with van der Waals surface area (Å²) in [6.45, 7) is 4.58. The van der Waals surface area contributed by atoms with Gasteiger partial charge in [0.15, 0.2) is 0 Å². The van der Waals surface area contributed by atoms with Gasteiger partial charge in [0, 0.05) is 24.8 Å². The molecule has 2 N–H and O–H groups in total. The average molecular weight is 353 g/mol. The Kier molecular flexibility index (Phi) is 5.01. The van der Waals surface area contributed by atoms with Crippen molar-refractivity contribution in [1.82, 2.24) is 14.6 Å². The molecule has 134 valence electrons. The molecule has 1 aromatic heterocycles. The quantitative estimate of drug-likeness (QED) is 0.872. The SMILES string of the molecule is Cc1[nH]c(C(=O)NC2CCCCC2)c(C)c1S(=O)(=O)N1CCCC1. The molecule has 0 aromatic carbocycles. The zero-order chi connectivity index (χ0) is 17.3. The van der Waals surface area contributed by atoms with E-state index in [1.165, 1.54) is 10.7 Å². The minimum absolute atomic E-state index is 0.189. The first-order valence-corrected chi connectivity index (χ1v) is 10.4. The summed E-state index contributed by atoms with van der Waals surface area (Å²) >= 11 is 0. The van der Waals surface area contributed by atoms with Crippen molar-refractivity contribution in [3.63, 3.8) is 0 Å². The highest BCUT2D eigenvalue weighted by atomic mass is 32.2. The summed E-state index contributed by atoms with van der Waals surface area (Å²) in [5, 5.41) is 3.06. The van der Waals surface area contributed by atoms with Gasteiger partial charge in [-0.25, -0.2) is 8.42 Å². The lowest BCUT2D eigenvalue weighted by Crippen LogP contribution is -2.36. The van der Waals surface area contributed by atoms with Crippen LogP contribution in [0.25, 0.3) is 0 Å². The van der Waals surface area contributed by atoms with Gasteiger partial charge in [-0.2, -0.15) is 4.31 Å². The van der Waals surface area contributed by atoms with Gasteiger partial charge in [-0.3, -0.25) is 4.79 Å². The van der Waals surface area contributed by atoms with Crippen LogP contribution >= 0.6 is 0 Å². The lowest BCUT2D eigenvalue weighted by molar-refractivity contribution is 0.0922. The predicted octanol–water partition coefficient (Wildman–Crippen LogP) is 2.48. The highest BCUT2D eigenvalue weighted by molar-refractivity contribution is 7.89. The second-order valence-electron chi connectivity index (χ2n) is 7.00. The van der Waals surface area contributed by atoms with Crippen molar-refractivity contribution >= 4 is 15.9 Å². The number of carbonyl (C=O) groups is 1. The Bertz CT molecular complexity index is 712. The molecule has 0 bridgehead atoms. The lowest BCUT2D eigenvalue weighted by atomic mass is 9.95. The summed E-state index contributed by atoms with van der Waals surface area (Å²) in [5.74, 6) is -0.189. The van der Waals surface area contributed by atoms with Crippen molar-refractivity contribution in [1.29, 1.82) is 0 Å². The maximum absolute atomic E-state index is 12.9. The van der Waals surface area contributed by atoms with Gasteiger partial charge in [-0.15, -0.1) is 0 Å². The zero-order valence-electron chi connectivity index (χ0n) is 14.5. The number of aromatic nitrogens is 1. The van der Waals surface area contributed by atoms with E-state index in [1.54, 1.807) is 13.8 Å². The standard InChI is InChI=1S/C17H27N3O3S/c1-12-15(17(21)19-14-8-4-3-5-9-14)18-13(2)16(12)24(22,23)20-10-6-7-11-20/h14,18H,3-11H2,1-2H3,(H,19,21). The number of nitrogens with one attached hydrogen (secondary N) is 2. The average Bonchev–Trinajstić information content (AvgIpc) is 3.17. The third-order valence-corrected chi connectivity index (χ3v) is 7.37. The molecule has 6 nitrogen and oxygen atoms in total. The highest BCUT2D eigenvalue weighted by Gasteiger charge is 2.33. The van der Waals surface area contributed by atoms with Gasteiger partial charge in [-0.1, -0.05) is 19.3 Å². The fraction of sp³-hybridized carbons (Fsp3) is 0.706. The molecule has 1 aliphatic carbocycles. The molecule has 1 amide bonds. The molecule has 0 radical (unpaired) electrons. The summed E-state index contributed by atoms with van der Waals surface area (Å²) in [4.78, 5) is 15.9. The van der Waals surface area contributed by atoms with E-state index in [0.717, 1.165) is 38.5 Å². The van der Waals surface area contributed by atoms with Crippen LogP contribution in [0.4, 0.5) is 0 Å². The van der Waals surface area contributed by atoms with E-state index in [0.29, 0.717) is 30.0 Å². The van der Waals surface area contributed by atoms with Crippen LogP contribution in [0.2, 0.25) is 0 Å². The molecular weight excluding hydrogens is 326 g/mol. The van der Waals surface area contributed by atoms with E-state index in [-0.39, 0.29) is 16.8 Å². The predicted molar refractivity (Wildman–Crippen MR) is 92.6 cm³/mol. The Hall–Kier alpha value is -1.34. The Morgan fingerprint density at radius 1 is 1.08 bits per heavy atom. The molecule has 7 heteroatoms. The van der Waals surface area contributed by atoms with Crippen LogP contribution < -0.4 is 5.32 Å². The van der Waals surface area contributed by atoms with Gasteiger partial charge in [0.1, 0.15) is 10.6 Å². The van der Waals surface area contributed by atoms with Crippen LogP contribution in [0.3, 0.4) is 0 Å². The minimum atomic E-state index is -3.52. The van der Waals surface area contributed by atoms with Gasteiger partial charge in [-0.05, 0) is 45.1 Å². The number of nitrogens with zero attached hydrogens (tertiary/aromatic N) is 1. The number of sulfonamides is 1. The van der Waals surface area contributed by atoms with Gasteiger partial charge in [0.2, 0.25) is 10.0 Å². The van der Waals surface area contributed by atoms with E-state index in [4.69, 9.17) is 0 Å². The number of amides is 1. The Balaban J connectivity index is 1.84. The molecule has 2 aliphatic rings. The Morgan fingerprint density at radius 2 is 1.71 bits per heavy atom. The molecule has 0 unspecified atom stereocenters. The van der Waals surface area contributed by atoms with Crippen LogP contribution in [0, 0.1) is 13.8 Å². The summed E-state index contributed by atoms with van der Waals surface area (Å²) in [7, 11) is -3.52. The van der Waals surface area contributed by atoms with Gasteiger partial charge in [0.05, 0.1) is 0 Å². The van der Waals surface area contributed by atoms with E-state index >= 15 is 0 Å². The maximum atomic E-state index is 12.9. The highest BCUT2D eigenvalue weighted by Crippen LogP contribution is 2.29. The second kappa shape index (κ2) is 6.88. The van der Waals surface area contributed by atoms with E-state index in [9.17, 15) is 13.2 Å². The largest absolute Gasteiger partial charge is 0.353 e. The summed E-state index contributed by atoms with van der Waals surface area (Å²) in [5.41, 5.74) is 1.47. The smallest absolute Gasteiger partial charge is 0.268 e. The van der Waals surface area contributed by atoms with Crippen LogP contribution in [0.5, 0.6) is 0 Å². The van der Waals surface area contributed by atoms with Gasteiger partial charge < -0.3 is 10.3 Å². The van der Waals surface area contributed by atoms with Crippen molar-refractivity contribution in [2.75, 3.05) is 13.1 Å². The molecule has 2 fully saturated rings. The van der Waals surface area contributed by atoms with Crippen molar-refractivity contribution in [2.45, 2.75) is 69.7 Å². The zero-order valence-corrected chi connectivity index (χ0v) is 15.3. The molecule has 3 rings (SSSR count). The number of H-pyrrole nitrogens is 1. The first kappa shape index (κ1) is 17.5. The molecule has 24 heavy (non-hydrogen) atoms. The van der Waals surface area contributed by atoms with Crippen LogP contribution in [-0.4, -0.2) is 42.7 Å². The maximum Gasteiger partial charge on any atom is 0.268 e. The normalized spacial score (nSPS) is 20.4. The van der Waals surface area contributed by atoms with Crippen LogP contribution in [0.15, 0.2) is 4.90 Å². The number of aromatic amines is 1. The van der Waals surface area contributed by atoms with E-state index < -0.39 is 10.0 Å². The first-order valence-electron chi connectivity index (χ1n) is 8.91. The molecule has 1 aliphatic heterocycles. The first-order chi connectivity index (χ1) is 11.4. The fourth-order valence-corrected chi connectivity index (χ4v) is 5.83. The van der Waals surface area contributed by atoms with Gasteiger partial charge in [0.25, 0.3) is 5.91 Å². The minimum Gasteiger partial charge on any atom is -0.353 e. The molecule has 0 spiro atoms. The van der Waals surface area contributed by atoms with Crippen molar-refractivity contribution < 1.29 is 13.2 Å². The molecule has 1 saturated carbocycles. The molecule has 2 heterocycles. The number of hydrogen-bond donors (Lipinski definition) is 2. The summed E-state index contributed by atoms with van der Waals surface area (Å²) in [6.07, 6.45) is 7.32. The molecule has 1 saturated heterocycles. The van der Waals surface area contributed by atoms with Crippen molar-refractivity contribution in [2.24, 2.45) is 0 Å². The second-order valence-corrected chi connectivity index (χ2v) is 8.87. The van der Waals surface area contributed by atoms with Crippen molar-refractivity contribution in [3.8, 4) is 0 Å². The third kappa shape index (κ3) is 3.24. The van der Waals surface area contributed by atoms with E-state index in [1.807, 2.05) is 0 Å². The molecular formula is C17H27N3O3S. The summed E-state index contributed by atoms with van der Waals surface area (Å²) in [6, 6.07) is 0.202. The topological polar surface area (TPSA) is 82.3 Å². The van der Waals surface area contributed by atoms with Crippen LogP contribution in [-0.2, 0) is 10.0 Å². The molecule has 0 atom stereocenters. The number of carbonyl (C=O) groups excluding carboxylic acids is 1. The van der Waals surface area contributed by atoms with E-state index in [2.05, 4.69) is 10.3 Å². The van der Waals surface area contributed by atoms with Crippen LogP contribution in [0.1, 0.15) is 66.7 Å². The third-order valence-electron chi connectivity index (χ3n) is 5.20. The lowest BCUT2D eigenvalue weighted by Gasteiger charge is -2.22. The molecule has 1 aromatic rings. The number of aryl methyl sites for hydroxylation is 1. The Labute approximate surface area is 144 Å². The van der Waals surface area contributed by atoms with Gasteiger partial charge >= 0.3 is 0 Å². The Morgan fingerprint density at radius 3 is 2.33 bits per heavy atom. The number of rotatable bonds is 4. The van der Waals surface area contributed by atoms with Crippen molar-refractivity contribution in [3.05, 3.63) is 17.0 Å². The number of hydrogen-bond acceptors (Lipinski definition) is 3. The fourth-order valence-electron chi connectivity index (χ4n) is 3.91. The summed E-state index contributed by atoms with van der Waals surface area (Å²) < 4.78 is 27.3. The monoisotopic (exact) mass is 353 g/mol.